The van der Waals surface area contributed by atoms with Gasteiger partial charge in [0.2, 0.25) is 9.47 Å². The Morgan fingerprint density at radius 2 is 2.08 bits per heavy atom. The van der Waals surface area contributed by atoms with E-state index in [2.05, 4.69) is 20.2 Å². The summed E-state index contributed by atoms with van der Waals surface area (Å²) in [7, 11) is -3.79. The van der Waals surface area contributed by atoms with Crippen LogP contribution in [-0.2, 0) is 14.8 Å². The molecule has 2 heterocycles. The van der Waals surface area contributed by atoms with Crippen molar-refractivity contribution in [2.24, 2.45) is 0 Å². The Bertz CT molecular complexity index is 848. The largest absolute Gasteiger partial charge is 0.377 e. The quantitative estimate of drug-likeness (QED) is 0.714. The lowest BCUT2D eigenvalue weighted by atomic mass is 10.2. The van der Waals surface area contributed by atoms with Gasteiger partial charge in [-0.1, -0.05) is 22.9 Å². The normalized spacial score (nSPS) is 17.6. The zero-order valence-corrected chi connectivity index (χ0v) is 15.3. The number of aromatic nitrogens is 2. The zero-order valence-electron chi connectivity index (χ0n) is 12.9. The van der Waals surface area contributed by atoms with Gasteiger partial charge in [-0.25, -0.2) is 13.1 Å². The van der Waals surface area contributed by atoms with Crippen molar-refractivity contribution in [2.45, 2.75) is 23.3 Å². The molecule has 0 spiro atoms. The highest BCUT2D eigenvalue weighted by Gasteiger charge is 2.24. The van der Waals surface area contributed by atoms with E-state index < -0.39 is 15.9 Å². The molecule has 11 heteroatoms. The van der Waals surface area contributed by atoms with E-state index in [4.69, 9.17) is 16.3 Å². The molecule has 0 radical (unpaired) electrons. The summed E-state index contributed by atoms with van der Waals surface area (Å²) in [5, 5.41) is 10.5. The number of benzene rings is 1. The summed E-state index contributed by atoms with van der Waals surface area (Å²) in [6.45, 7) is 0.834. The topological polar surface area (TPSA) is 110 Å². The summed E-state index contributed by atoms with van der Waals surface area (Å²) in [4.78, 5) is 12.1. The van der Waals surface area contributed by atoms with E-state index in [1.807, 2.05) is 0 Å². The number of carbonyl (C=O) groups excluding carboxylic acids is 1. The number of nitrogens with one attached hydrogen (secondary N) is 2. The van der Waals surface area contributed by atoms with E-state index in [9.17, 15) is 13.2 Å². The number of rotatable bonds is 6. The Balaban J connectivity index is 1.62. The van der Waals surface area contributed by atoms with Crippen molar-refractivity contribution in [1.29, 1.82) is 0 Å². The molecule has 134 valence electrons. The molecule has 0 aliphatic carbocycles. The summed E-state index contributed by atoms with van der Waals surface area (Å²) in [5.41, 5.74) is 0.375. The van der Waals surface area contributed by atoms with E-state index in [-0.39, 0.29) is 22.1 Å². The highest BCUT2D eigenvalue weighted by Crippen LogP contribution is 2.21. The third-order valence-corrected chi connectivity index (χ3v) is 6.37. The first-order valence-electron chi connectivity index (χ1n) is 7.46. The first kappa shape index (κ1) is 18.2. The highest BCUT2D eigenvalue weighted by molar-refractivity contribution is 7.91. The van der Waals surface area contributed by atoms with Crippen LogP contribution in [0.2, 0.25) is 5.02 Å². The van der Waals surface area contributed by atoms with Gasteiger partial charge in [0.1, 0.15) is 0 Å². The summed E-state index contributed by atoms with van der Waals surface area (Å²) in [5.74, 6) is -0.427. The average Bonchev–Trinajstić information content (AvgIpc) is 3.25. The predicted octanol–water partition coefficient (Wildman–Crippen LogP) is 1.90. The van der Waals surface area contributed by atoms with Gasteiger partial charge in [-0.2, -0.15) is 0 Å². The van der Waals surface area contributed by atoms with E-state index in [0.717, 1.165) is 24.2 Å². The van der Waals surface area contributed by atoms with Crippen molar-refractivity contribution in [3.05, 3.63) is 34.9 Å². The second-order valence-corrected chi connectivity index (χ2v) is 8.68. The fraction of sp³-hybridized carbons (Fsp3) is 0.357. The van der Waals surface area contributed by atoms with Gasteiger partial charge in [-0.05, 0) is 37.1 Å². The number of hydrogen-bond acceptors (Lipinski definition) is 7. The fourth-order valence-corrected chi connectivity index (χ4v) is 4.34. The first-order chi connectivity index (χ1) is 11.9. The number of nitrogens with zero attached hydrogens (tertiary/aromatic N) is 2. The number of hydrogen-bond donors (Lipinski definition) is 2. The standard InChI is InChI=1S/C14H15ClN4O4S2/c15-10-5-3-9(4-6-10)12(20)17-13-18-19-14(24-13)25(21,22)16-8-11-2-1-7-23-11/h3-6,11,16H,1-2,7-8H2,(H,17,18,20). The number of carbonyl (C=O) groups is 1. The molecule has 1 aliphatic rings. The highest BCUT2D eigenvalue weighted by atomic mass is 35.5. The molecule has 2 aromatic rings. The van der Waals surface area contributed by atoms with Crippen LogP contribution in [-0.4, -0.2) is 43.8 Å². The van der Waals surface area contributed by atoms with Gasteiger partial charge in [0, 0.05) is 23.7 Å². The molecule has 0 saturated carbocycles. The van der Waals surface area contributed by atoms with Crippen LogP contribution in [0.25, 0.3) is 0 Å². The summed E-state index contributed by atoms with van der Waals surface area (Å²) < 4.78 is 32.0. The van der Waals surface area contributed by atoms with Crippen molar-refractivity contribution in [2.75, 3.05) is 18.5 Å². The van der Waals surface area contributed by atoms with Crippen LogP contribution < -0.4 is 10.0 Å². The molecule has 0 bridgehead atoms. The fourth-order valence-electron chi connectivity index (χ4n) is 2.21. The average molecular weight is 403 g/mol. The summed E-state index contributed by atoms with van der Waals surface area (Å²) >= 11 is 6.55. The van der Waals surface area contributed by atoms with Crippen molar-refractivity contribution < 1.29 is 17.9 Å². The molecule has 8 nitrogen and oxygen atoms in total. The van der Waals surface area contributed by atoms with E-state index in [1.165, 1.54) is 0 Å². The Morgan fingerprint density at radius 1 is 1.32 bits per heavy atom. The maximum Gasteiger partial charge on any atom is 0.269 e. The number of ether oxygens (including phenoxy) is 1. The molecular weight excluding hydrogens is 388 g/mol. The van der Waals surface area contributed by atoms with Crippen molar-refractivity contribution in [1.82, 2.24) is 14.9 Å². The van der Waals surface area contributed by atoms with Gasteiger partial charge in [-0.3, -0.25) is 10.1 Å². The Hall–Kier alpha value is -1.59. The molecule has 1 amide bonds. The lowest BCUT2D eigenvalue weighted by molar-refractivity contribution is 0.102. The third kappa shape index (κ3) is 4.73. The molecule has 1 unspecified atom stereocenters. The number of amides is 1. The Morgan fingerprint density at radius 3 is 2.76 bits per heavy atom. The third-order valence-electron chi connectivity index (χ3n) is 3.49. The molecular formula is C14H15ClN4O4S2. The van der Waals surface area contributed by atoms with E-state index >= 15 is 0 Å². The maximum absolute atomic E-state index is 12.2. The van der Waals surface area contributed by atoms with Gasteiger partial charge >= 0.3 is 0 Å². The van der Waals surface area contributed by atoms with E-state index in [0.29, 0.717) is 17.2 Å². The monoisotopic (exact) mass is 402 g/mol. The van der Waals surface area contributed by atoms with Crippen LogP contribution in [0.5, 0.6) is 0 Å². The summed E-state index contributed by atoms with van der Waals surface area (Å²) in [6, 6.07) is 6.28. The minimum absolute atomic E-state index is 0.0949. The molecule has 1 fully saturated rings. The number of sulfonamides is 1. The Kier molecular flexibility index (Phi) is 5.64. The van der Waals surface area contributed by atoms with Gasteiger partial charge in [0.05, 0.1) is 6.10 Å². The van der Waals surface area contributed by atoms with Crippen LogP contribution in [0.3, 0.4) is 0 Å². The lowest BCUT2D eigenvalue weighted by Crippen LogP contribution is -2.31. The van der Waals surface area contributed by atoms with Gasteiger partial charge in [-0.15, -0.1) is 10.2 Å². The minimum Gasteiger partial charge on any atom is -0.377 e. The van der Waals surface area contributed by atoms with Crippen molar-refractivity contribution >= 4 is 44.0 Å². The summed E-state index contributed by atoms with van der Waals surface area (Å²) in [6.07, 6.45) is 1.62. The van der Waals surface area contributed by atoms with Crippen LogP contribution in [0.1, 0.15) is 23.2 Å². The first-order valence-corrected chi connectivity index (χ1v) is 10.1. The predicted molar refractivity (Wildman–Crippen MR) is 93.5 cm³/mol. The molecule has 1 aromatic carbocycles. The molecule has 25 heavy (non-hydrogen) atoms. The molecule has 1 aliphatic heterocycles. The molecule has 1 aromatic heterocycles. The molecule has 3 rings (SSSR count). The van der Waals surface area contributed by atoms with E-state index in [1.54, 1.807) is 24.3 Å². The lowest BCUT2D eigenvalue weighted by Gasteiger charge is -2.09. The Labute approximate surface area is 153 Å². The number of halogens is 1. The SMILES string of the molecule is O=C(Nc1nnc(S(=O)(=O)NCC2CCCO2)s1)c1ccc(Cl)cc1. The van der Waals surface area contributed by atoms with Crippen molar-refractivity contribution in [3.8, 4) is 0 Å². The van der Waals surface area contributed by atoms with Crippen LogP contribution >= 0.6 is 22.9 Å². The van der Waals surface area contributed by atoms with Crippen molar-refractivity contribution in [3.63, 3.8) is 0 Å². The molecule has 1 saturated heterocycles. The molecule has 1 atom stereocenters. The maximum atomic E-state index is 12.2. The second kappa shape index (κ2) is 7.75. The van der Waals surface area contributed by atoms with Gasteiger partial charge in [0.15, 0.2) is 0 Å². The second-order valence-electron chi connectivity index (χ2n) is 5.32. The number of anilines is 1. The van der Waals surface area contributed by atoms with Gasteiger partial charge in [0.25, 0.3) is 15.9 Å². The van der Waals surface area contributed by atoms with Crippen LogP contribution in [0, 0.1) is 0 Å². The van der Waals surface area contributed by atoms with Crippen LogP contribution in [0.4, 0.5) is 5.13 Å². The minimum atomic E-state index is -3.79. The zero-order chi connectivity index (χ0) is 17.9. The van der Waals surface area contributed by atoms with Gasteiger partial charge < -0.3 is 4.74 Å². The van der Waals surface area contributed by atoms with Crippen LogP contribution in [0.15, 0.2) is 28.6 Å². The smallest absolute Gasteiger partial charge is 0.269 e. The molecule has 2 N–H and O–H groups in total.